The van der Waals surface area contributed by atoms with Crippen LogP contribution in [-0.4, -0.2) is 35.0 Å². The topological polar surface area (TPSA) is 83.6 Å². The minimum Gasteiger partial charge on any atom is -0.480 e. The molecule has 5 heteroatoms. The van der Waals surface area contributed by atoms with E-state index < -0.39 is 12.0 Å². The van der Waals surface area contributed by atoms with Gasteiger partial charge in [0, 0.05) is 18.3 Å². The first-order valence-corrected chi connectivity index (χ1v) is 5.74. The number of anilines is 1. The van der Waals surface area contributed by atoms with Crippen LogP contribution in [0.15, 0.2) is 18.2 Å². The molecule has 0 aliphatic carbocycles. The van der Waals surface area contributed by atoms with Crippen molar-refractivity contribution >= 4 is 17.6 Å². The number of carbonyl (C=O) groups is 2. The van der Waals surface area contributed by atoms with E-state index in [2.05, 4.69) is 0 Å². The van der Waals surface area contributed by atoms with Gasteiger partial charge in [-0.2, -0.15) is 0 Å². The molecule has 0 aliphatic heterocycles. The van der Waals surface area contributed by atoms with Crippen LogP contribution in [0.4, 0.5) is 5.69 Å². The van der Waals surface area contributed by atoms with E-state index in [0.717, 1.165) is 5.56 Å². The predicted octanol–water partition coefficient (Wildman–Crippen LogP) is 1.51. The van der Waals surface area contributed by atoms with E-state index >= 15 is 0 Å². The fourth-order valence-electron chi connectivity index (χ4n) is 1.73. The highest BCUT2D eigenvalue weighted by Crippen LogP contribution is 2.16. The molecule has 1 atom stereocenters. The normalized spacial score (nSPS) is 11.9. The first-order chi connectivity index (χ1) is 8.38. The second kappa shape index (κ2) is 5.53. The van der Waals surface area contributed by atoms with Crippen LogP contribution in [0.2, 0.25) is 0 Å². The number of hydrogen-bond acceptors (Lipinski definition) is 3. The van der Waals surface area contributed by atoms with Crippen LogP contribution >= 0.6 is 0 Å². The second-order valence-electron chi connectivity index (χ2n) is 4.25. The zero-order valence-corrected chi connectivity index (χ0v) is 10.8. The Morgan fingerprint density at radius 3 is 2.50 bits per heavy atom. The van der Waals surface area contributed by atoms with Crippen molar-refractivity contribution in [1.29, 1.82) is 0 Å². The number of aliphatic carboxylic acids is 1. The lowest BCUT2D eigenvalue weighted by Crippen LogP contribution is -2.41. The van der Waals surface area contributed by atoms with E-state index in [4.69, 9.17) is 10.8 Å². The minimum absolute atomic E-state index is 0.337. The third kappa shape index (κ3) is 2.80. The van der Waals surface area contributed by atoms with Crippen molar-refractivity contribution in [2.75, 3.05) is 12.8 Å². The molecule has 0 radical (unpaired) electrons. The monoisotopic (exact) mass is 250 g/mol. The fourth-order valence-corrected chi connectivity index (χ4v) is 1.73. The lowest BCUT2D eigenvalue weighted by atomic mass is 10.1. The first kappa shape index (κ1) is 14.0. The van der Waals surface area contributed by atoms with Crippen LogP contribution in [0.5, 0.6) is 0 Å². The van der Waals surface area contributed by atoms with Gasteiger partial charge in [0.25, 0.3) is 5.91 Å². The number of aryl methyl sites for hydroxylation is 1. The number of carbonyl (C=O) groups excluding carboxylic acids is 1. The Labute approximate surface area is 106 Å². The number of hydrogen-bond donors (Lipinski definition) is 2. The predicted molar refractivity (Wildman–Crippen MR) is 69.4 cm³/mol. The van der Waals surface area contributed by atoms with Gasteiger partial charge in [0.15, 0.2) is 0 Å². The molecule has 0 aromatic heterocycles. The average Bonchev–Trinajstić information content (AvgIpc) is 2.32. The number of rotatable bonds is 4. The quantitative estimate of drug-likeness (QED) is 0.793. The Bertz CT molecular complexity index is 471. The molecule has 1 rings (SSSR count). The summed E-state index contributed by atoms with van der Waals surface area (Å²) >= 11 is 0. The zero-order valence-electron chi connectivity index (χ0n) is 10.8. The Morgan fingerprint density at radius 2 is 2.06 bits per heavy atom. The molecule has 0 fully saturated rings. The molecule has 1 aromatic carbocycles. The van der Waals surface area contributed by atoms with Crippen molar-refractivity contribution in [1.82, 2.24) is 4.90 Å². The van der Waals surface area contributed by atoms with Gasteiger partial charge in [0.2, 0.25) is 0 Å². The molecule has 1 amide bonds. The molecule has 1 unspecified atom stereocenters. The summed E-state index contributed by atoms with van der Waals surface area (Å²) in [6, 6.07) is 4.15. The summed E-state index contributed by atoms with van der Waals surface area (Å²) in [5, 5.41) is 9.02. The summed E-state index contributed by atoms with van der Waals surface area (Å²) in [5.41, 5.74) is 7.56. The van der Waals surface area contributed by atoms with Crippen LogP contribution in [0, 0.1) is 6.92 Å². The molecule has 5 nitrogen and oxygen atoms in total. The summed E-state index contributed by atoms with van der Waals surface area (Å²) in [5.74, 6) is -1.34. The molecule has 1 aromatic rings. The van der Waals surface area contributed by atoms with Gasteiger partial charge >= 0.3 is 5.97 Å². The van der Waals surface area contributed by atoms with E-state index in [1.807, 2.05) is 6.92 Å². The third-order valence-electron chi connectivity index (χ3n) is 2.99. The lowest BCUT2D eigenvalue weighted by molar-refractivity contribution is -0.142. The molecule has 0 spiro atoms. The smallest absolute Gasteiger partial charge is 0.326 e. The standard InChI is InChI=1S/C13H18N2O3/c1-4-11(13(17)18)15(3)12(16)9-6-5-8(2)10(14)7-9/h5-7,11H,4,14H2,1-3H3,(H,17,18). The minimum atomic E-state index is -1.01. The van der Waals surface area contributed by atoms with Crippen molar-refractivity contribution < 1.29 is 14.7 Å². The molecule has 0 saturated heterocycles. The highest BCUT2D eigenvalue weighted by atomic mass is 16.4. The maximum atomic E-state index is 12.1. The van der Waals surface area contributed by atoms with E-state index in [1.54, 1.807) is 25.1 Å². The Hall–Kier alpha value is -2.04. The molecule has 18 heavy (non-hydrogen) atoms. The van der Waals surface area contributed by atoms with Gasteiger partial charge in [-0.1, -0.05) is 13.0 Å². The largest absolute Gasteiger partial charge is 0.480 e. The van der Waals surface area contributed by atoms with Gasteiger partial charge < -0.3 is 15.7 Å². The van der Waals surface area contributed by atoms with Crippen LogP contribution in [-0.2, 0) is 4.79 Å². The van der Waals surface area contributed by atoms with Crippen molar-refractivity contribution in [3.63, 3.8) is 0 Å². The molecule has 0 bridgehead atoms. The number of nitrogens with zero attached hydrogens (tertiary/aromatic N) is 1. The summed E-state index contributed by atoms with van der Waals surface area (Å²) in [7, 11) is 1.49. The van der Waals surface area contributed by atoms with Crippen LogP contribution in [0.1, 0.15) is 29.3 Å². The van der Waals surface area contributed by atoms with Gasteiger partial charge in [-0.05, 0) is 31.0 Å². The maximum Gasteiger partial charge on any atom is 0.326 e. The molecule has 0 heterocycles. The number of nitrogens with two attached hydrogens (primary N) is 1. The highest BCUT2D eigenvalue weighted by Gasteiger charge is 2.25. The van der Waals surface area contributed by atoms with E-state index in [1.165, 1.54) is 11.9 Å². The first-order valence-electron chi connectivity index (χ1n) is 5.74. The number of nitrogen functional groups attached to an aromatic ring is 1. The highest BCUT2D eigenvalue weighted by molar-refractivity contribution is 5.97. The van der Waals surface area contributed by atoms with Gasteiger partial charge in [-0.25, -0.2) is 4.79 Å². The Kier molecular flexibility index (Phi) is 4.31. The molecular formula is C13H18N2O3. The molecule has 3 N–H and O–H groups in total. The number of likely N-dealkylation sites (N-methyl/N-ethyl adjacent to an activating group) is 1. The van der Waals surface area contributed by atoms with Crippen LogP contribution < -0.4 is 5.73 Å². The molecule has 98 valence electrons. The van der Waals surface area contributed by atoms with Crippen molar-refractivity contribution in [3.8, 4) is 0 Å². The Balaban J connectivity index is 2.99. The van der Waals surface area contributed by atoms with E-state index in [9.17, 15) is 9.59 Å². The van der Waals surface area contributed by atoms with Gasteiger partial charge in [-0.15, -0.1) is 0 Å². The lowest BCUT2D eigenvalue weighted by Gasteiger charge is -2.24. The van der Waals surface area contributed by atoms with Crippen LogP contribution in [0.3, 0.4) is 0 Å². The summed E-state index contributed by atoms with van der Waals surface area (Å²) in [6.07, 6.45) is 0.360. The van der Waals surface area contributed by atoms with Crippen molar-refractivity contribution in [2.45, 2.75) is 26.3 Å². The van der Waals surface area contributed by atoms with Gasteiger partial charge in [0.1, 0.15) is 6.04 Å². The van der Waals surface area contributed by atoms with Gasteiger partial charge in [-0.3, -0.25) is 4.79 Å². The zero-order chi connectivity index (χ0) is 13.9. The van der Waals surface area contributed by atoms with Crippen molar-refractivity contribution in [2.24, 2.45) is 0 Å². The molecular weight excluding hydrogens is 232 g/mol. The van der Waals surface area contributed by atoms with Gasteiger partial charge in [0.05, 0.1) is 0 Å². The molecule has 0 saturated carbocycles. The number of amides is 1. The number of carboxylic acids is 1. The number of benzene rings is 1. The van der Waals surface area contributed by atoms with E-state index in [-0.39, 0.29) is 5.91 Å². The third-order valence-corrected chi connectivity index (χ3v) is 2.99. The molecule has 0 aliphatic rings. The maximum absolute atomic E-state index is 12.1. The second-order valence-corrected chi connectivity index (χ2v) is 4.25. The Morgan fingerprint density at radius 1 is 1.44 bits per heavy atom. The summed E-state index contributed by atoms with van der Waals surface area (Å²) in [6.45, 7) is 3.57. The van der Waals surface area contributed by atoms with Crippen molar-refractivity contribution in [3.05, 3.63) is 29.3 Å². The SMILES string of the molecule is CCC(C(=O)O)N(C)C(=O)c1ccc(C)c(N)c1. The van der Waals surface area contributed by atoms with E-state index in [0.29, 0.717) is 17.7 Å². The number of carboxylic acid groups (broad SMARTS) is 1. The summed E-state index contributed by atoms with van der Waals surface area (Å²) < 4.78 is 0. The fraction of sp³-hybridized carbons (Fsp3) is 0.385. The average molecular weight is 250 g/mol. The summed E-state index contributed by atoms with van der Waals surface area (Å²) in [4.78, 5) is 24.4. The van der Waals surface area contributed by atoms with Crippen LogP contribution in [0.25, 0.3) is 0 Å².